The molecule has 2 aromatic rings. The van der Waals surface area contributed by atoms with E-state index in [-0.39, 0.29) is 0 Å². The highest BCUT2D eigenvalue weighted by atomic mass is 16.4. The van der Waals surface area contributed by atoms with E-state index in [4.69, 9.17) is 0 Å². The van der Waals surface area contributed by atoms with Gasteiger partial charge in [0.25, 0.3) is 5.54 Å². The number of fused-ring (bicyclic) bond motifs is 7. The molecular weight excluding hydrogens is 322 g/mol. The van der Waals surface area contributed by atoms with Gasteiger partial charge in [0, 0.05) is 17.5 Å². The van der Waals surface area contributed by atoms with E-state index < -0.39 is 17.0 Å². The van der Waals surface area contributed by atoms with Gasteiger partial charge in [-0.05, 0) is 43.7 Å². The maximum atomic E-state index is 12.9. The Labute approximate surface area is 154 Å². The van der Waals surface area contributed by atoms with Crippen LogP contribution in [-0.2, 0) is 23.2 Å². The Balaban J connectivity index is 1.93. The highest BCUT2D eigenvalue weighted by Gasteiger charge is 2.95. The molecule has 3 nitrogen and oxygen atoms in total. The summed E-state index contributed by atoms with van der Waals surface area (Å²) in [7, 11) is 0. The van der Waals surface area contributed by atoms with E-state index in [0.717, 1.165) is 45.2 Å². The van der Waals surface area contributed by atoms with E-state index in [9.17, 15) is 9.90 Å². The third-order valence-electron chi connectivity index (χ3n) is 7.62. The van der Waals surface area contributed by atoms with Crippen LogP contribution in [0.1, 0.15) is 48.4 Å². The molecule has 1 aliphatic carbocycles. The zero-order valence-electron chi connectivity index (χ0n) is 15.4. The smallest absolute Gasteiger partial charge is 0.373 e. The first kappa shape index (κ1) is 16.1. The van der Waals surface area contributed by atoms with Crippen LogP contribution in [0.4, 0.5) is 0 Å². The Morgan fingerprint density at radius 3 is 2.08 bits per heavy atom. The van der Waals surface area contributed by atoms with Gasteiger partial charge in [0.05, 0.1) is 13.1 Å². The Kier molecular flexibility index (Phi) is 3.21. The first-order valence-electron chi connectivity index (χ1n) is 9.93. The fourth-order valence-corrected chi connectivity index (χ4v) is 6.81. The Morgan fingerprint density at radius 2 is 1.58 bits per heavy atom. The second kappa shape index (κ2) is 5.20. The number of carbonyl (C=O) groups is 1. The molecule has 134 valence electrons. The van der Waals surface area contributed by atoms with Crippen molar-refractivity contribution in [1.82, 2.24) is 0 Å². The summed E-state index contributed by atoms with van der Waals surface area (Å²) in [4.78, 5) is 12.9. The average Bonchev–Trinajstić information content (AvgIpc) is 3.30. The monoisotopic (exact) mass is 348 g/mol. The van der Waals surface area contributed by atoms with Gasteiger partial charge in [-0.1, -0.05) is 48.5 Å². The lowest BCUT2D eigenvalue weighted by atomic mass is 9.76. The number of hydrogen-bond donors (Lipinski definition) is 1. The molecule has 2 heterocycles. The summed E-state index contributed by atoms with van der Waals surface area (Å²) in [5.41, 5.74) is 4.09. The van der Waals surface area contributed by atoms with Crippen LogP contribution in [0.5, 0.6) is 0 Å². The third-order valence-corrected chi connectivity index (χ3v) is 7.62. The number of carboxylic acids is 1. The lowest BCUT2D eigenvalue weighted by Crippen LogP contribution is -2.44. The minimum Gasteiger partial charge on any atom is -0.476 e. The van der Waals surface area contributed by atoms with Crippen molar-refractivity contribution in [2.45, 2.75) is 50.1 Å². The van der Waals surface area contributed by atoms with Crippen molar-refractivity contribution >= 4 is 5.97 Å². The normalized spacial score (nSPS) is 30.7. The number of likely N-dealkylation sites (N-methyl/N-ethyl adjacent to an activating group) is 1. The van der Waals surface area contributed by atoms with Crippen LogP contribution in [-0.4, -0.2) is 34.2 Å². The van der Waals surface area contributed by atoms with E-state index in [1.54, 1.807) is 0 Å². The van der Waals surface area contributed by atoms with E-state index in [2.05, 4.69) is 55.5 Å². The van der Waals surface area contributed by atoms with Crippen molar-refractivity contribution in [2.75, 3.05) is 13.1 Å². The number of nitrogens with zero attached hydrogens (tertiary/aromatic N) is 1. The number of quaternary nitrogens is 1. The van der Waals surface area contributed by atoms with Crippen LogP contribution in [0.3, 0.4) is 0 Å². The molecule has 0 radical (unpaired) electrons. The zero-order chi connectivity index (χ0) is 18.0. The molecule has 0 bridgehead atoms. The van der Waals surface area contributed by atoms with Crippen molar-refractivity contribution in [3.63, 3.8) is 0 Å². The van der Waals surface area contributed by atoms with Gasteiger partial charge < -0.3 is 5.11 Å². The number of rotatable bonds is 2. The van der Waals surface area contributed by atoms with Crippen LogP contribution < -0.4 is 0 Å². The highest BCUT2D eigenvalue weighted by molar-refractivity contribution is 5.86. The topological polar surface area (TPSA) is 37.3 Å². The lowest BCUT2D eigenvalue weighted by molar-refractivity contribution is -0.853. The predicted molar refractivity (Wildman–Crippen MR) is 101 cm³/mol. The molecule has 3 aliphatic rings. The van der Waals surface area contributed by atoms with Gasteiger partial charge in [-0.15, -0.1) is 0 Å². The highest BCUT2D eigenvalue weighted by Crippen LogP contribution is 2.74. The Morgan fingerprint density at radius 1 is 1.00 bits per heavy atom. The maximum Gasteiger partial charge on any atom is 0.373 e. The molecule has 2 aromatic carbocycles. The zero-order valence-corrected chi connectivity index (χ0v) is 15.4. The van der Waals surface area contributed by atoms with E-state index in [0.29, 0.717) is 4.48 Å². The van der Waals surface area contributed by atoms with E-state index in [1.165, 1.54) is 22.3 Å². The minimum atomic E-state index is -0.712. The van der Waals surface area contributed by atoms with Crippen molar-refractivity contribution < 1.29 is 14.4 Å². The molecule has 2 fully saturated rings. The number of piperidine rings is 1. The fraction of sp³-hybridized carbons (Fsp3) is 0.435. The molecule has 0 aromatic heterocycles. The maximum absolute atomic E-state index is 12.9. The van der Waals surface area contributed by atoms with Crippen molar-refractivity contribution in [1.29, 1.82) is 0 Å². The third kappa shape index (κ3) is 1.49. The molecule has 2 saturated heterocycles. The molecule has 5 rings (SSSR count). The van der Waals surface area contributed by atoms with Gasteiger partial charge in [0.1, 0.15) is 0 Å². The number of hydrogen-bond acceptors (Lipinski definition) is 1. The molecule has 0 amide bonds. The summed E-state index contributed by atoms with van der Waals surface area (Å²) >= 11 is 0. The van der Waals surface area contributed by atoms with Crippen LogP contribution in [0.15, 0.2) is 48.5 Å². The van der Waals surface area contributed by atoms with Gasteiger partial charge in [0.2, 0.25) is 5.54 Å². The van der Waals surface area contributed by atoms with Crippen LogP contribution in [0.25, 0.3) is 0 Å². The second-order valence-corrected chi connectivity index (χ2v) is 8.15. The van der Waals surface area contributed by atoms with Gasteiger partial charge in [0.15, 0.2) is 0 Å². The summed E-state index contributed by atoms with van der Waals surface area (Å²) < 4.78 is 0.698. The van der Waals surface area contributed by atoms with Crippen LogP contribution in [0, 0.1) is 0 Å². The van der Waals surface area contributed by atoms with Gasteiger partial charge in [-0.2, -0.15) is 0 Å². The number of carboxylic acid groups (broad SMARTS) is 1. The van der Waals surface area contributed by atoms with Gasteiger partial charge in [-0.3, -0.25) is 4.48 Å². The Hall–Kier alpha value is -2.13. The van der Waals surface area contributed by atoms with Crippen molar-refractivity contribution in [3.8, 4) is 0 Å². The first-order chi connectivity index (χ1) is 12.7. The van der Waals surface area contributed by atoms with Gasteiger partial charge >= 0.3 is 5.97 Å². The van der Waals surface area contributed by atoms with Crippen LogP contribution in [0.2, 0.25) is 0 Å². The molecule has 1 unspecified atom stereocenters. The fourth-order valence-electron chi connectivity index (χ4n) is 6.81. The van der Waals surface area contributed by atoms with Crippen LogP contribution >= 0.6 is 0 Å². The molecule has 3 heteroatoms. The van der Waals surface area contributed by atoms with E-state index in [1.807, 2.05) is 0 Å². The molecular formula is C23H26NO2+. The summed E-state index contributed by atoms with van der Waals surface area (Å²) in [5.74, 6) is -0.606. The lowest BCUT2D eigenvalue weighted by Gasteiger charge is -2.29. The Bertz CT molecular complexity index is 857. The average molecular weight is 348 g/mol. The second-order valence-electron chi connectivity index (χ2n) is 8.15. The SMILES string of the molecule is CC[N@@+]12CCCCC1(C(=O)O)C21c2ccccc2CCc2ccccc21. The summed E-state index contributed by atoms with van der Waals surface area (Å²) in [6.45, 7) is 4.02. The molecule has 2 aliphatic heterocycles. The molecule has 1 spiro atoms. The van der Waals surface area contributed by atoms with Crippen molar-refractivity contribution in [2.24, 2.45) is 0 Å². The van der Waals surface area contributed by atoms with Gasteiger partial charge in [-0.25, -0.2) is 4.79 Å². The molecule has 1 N–H and O–H groups in total. The largest absolute Gasteiger partial charge is 0.476 e. The summed E-state index contributed by atoms with van der Waals surface area (Å²) in [6.07, 6.45) is 4.90. The predicted octanol–water partition coefficient (Wildman–Crippen LogP) is 3.89. The summed E-state index contributed by atoms with van der Waals surface area (Å²) in [5, 5.41) is 10.6. The molecule has 0 saturated carbocycles. The van der Waals surface area contributed by atoms with Crippen molar-refractivity contribution in [3.05, 3.63) is 70.8 Å². The molecule has 2 atom stereocenters. The standard InChI is InChI=1S/C23H25NO2/c1-2-24-16-8-7-15-22(24,21(25)26)23(24)19-11-5-3-9-17(19)13-14-18-10-4-6-12-20(18)23/h3-6,9-12H,2,7-8,13-16H2,1H3/p+1/t22?,24-/m1/s1. The number of aryl methyl sites for hydroxylation is 2. The minimum absolute atomic E-state index is 0.423. The first-order valence-corrected chi connectivity index (χ1v) is 9.93. The number of aliphatic carboxylic acids is 1. The number of benzene rings is 2. The molecule has 26 heavy (non-hydrogen) atoms. The van der Waals surface area contributed by atoms with E-state index >= 15 is 0 Å². The summed E-state index contributed by atoms with van der Waals surface area (Å²) in [6, 6.07) is 17.3. The quantitative estimate of drug-likeness (QED) is 0.660.